The van der Waals surface area contributed by atoms with Crippen molar-refractivity contribution in [2.45, 2.75) is 31.3 Å². The molecule has 22 heavy (non-hydrogen) atoms. The monoisotopic (exact) mass is 302 g/mol. The van der Waals surface area contributed by atoms with Crippen molar-refractivity contribution < 1.29 is 19.5 Å². The fourth-order valence-corrected chi connectivity index (χ4v) is 3.10. The number of hydrogen-bond acceptors (Lipinski definition) is 4. The van der Waals surface area contributed by atoms with Gasteiger partial charge >= 0.3 is 0 Å². The maximum atomic E-state index is 11.9. The van der Waals surface area contributed by atoms with E-state index in [1.807, 2.05) is 24.3 Å². The van der Waals surface area contributed by atoms with E-state index in [-0.39, 0.29) is 37.7 Å². The third-order valence-electron chi connectivity index (χ3n) is 4.36. The zero-order valence-electron chi connectivity index (χ0n) is 12.2. The Morgan fingerprint density at radius 1 is 1.18 bits per heavy atom. The van der Waals surface area contributed by atoms with E-state index >= 15 is 0 Å². The quantitative estimate of drug-likeness (QED) is 0.772. The highest BCUT2D eigenvalue weighted by atomic mass is 16.3. The molecule has 1 aromatic carbocycles. The molecule has 0 spiro atoms. The van der Waals surface area contributed by atoms with Gasteiger partial charge in [-0.15, -0.1) is 0 Å². The van der Waals surface area contributed by atoms with Crippen LogP contribution in [0.4, 0.5) is 0 Å². The van der Waals surface area contributed by atoms with Gasteiger partial charge in [0.15, 0.2) is 0 Å². The number of hydrogen-bond donors (Lipinski definition) is 2. The summed E-state index contributed by atoms with van der Waals surface area (Å²) in [6, 6.07) is 7.62. The van der Waals surface area contributed by atoms with Crippen molar-refractivity contribution in [2.24, 2.45) is 0 Å². The Kier molecular flexibility index (Phi) is 3.70. The molecule has 1 unspecified atom stereocenters. The van der Waals surface area contributed by atoms with Crippen LogP contribution in [0.5, 0.6) is 0 Å². The van der Waals surface area contributed by atoms with Crippen LogP contribution in [-0.4, -0.2) is 40.8 Å². The summed E-state index contributed by atoms with van der Waals surface area (Å²) in [7, 11) is 0. The molecule has 6 nitrogen and oxygen atoms in total. The van der Waals surface area contributed by atoms with E-state index in [4.69, 9.17) is 0 Å². The topological polar surface area (TPSA) is 86.7 Å². The second kappa shape index (κ2) is 5.53. The highest BCUT2D eigenvalue weighted by Gasteiger charge is 2.37. The van der Waals surface area contributed by atoms with Crippen molar-refractivity contribution in [1.82, 2.24) is 10.2 Å². The Bertz CT molecular complexity index is 627. The van der Waals surface area contributed by atoms with Gasteiger partial charge in [-0.05, 0) is 24.0 Å². The minimum atomic E-state index is -1.08. The van der Waals surface area contributed by atoms with Crippen molar-refractivity contribution in [3.05, 3.63) is 35.4 Å². The lowest BCUT2D eigenvalue weighted by atomic mass is 9.96. The summed E-state index contributed by atoms with van der Waals surface area (Å²) >= 11 is 0. The second-order valence-electron chi connectivity index (χ2n) is 5.84. The summed E-state index contributed by atoms with van der Waals surface area (Å²) < 4.78 is 0. The maximum Gasteiger partial charge on any atom is 0.240 e. The van der Waals surface area contributed by atoms with Crippen LogP contribution in [0.1, 0.15) is 30.4 Å². The van der Waals surface area contributed by atoms with Gasteiger partial charge in [0.2, 0.25) is 17.7 Å². The van der Waals surface area contributed by atoms with Crippen LogP contribution in [0.15, 0.2) is 24.3 Å². The van der Waals surface area contributed by atoms with Gasteiger partial charge in [0.1, 0.15) is 12.1 Å². The molecule has 2 aliphatic rings. The molecule has 116 valence electrons. The summed E-state index contributed by atoms with van der Waals surface area (Å²) in [5.74, 6) is -1.06. The van der Waals surface area contributed by atoms with Gasteiger partial charge in [0, 0.05) is 12.8 Å². The average molecular weight is 302 g/mol. The lowest BCUT2D eigenvalue weighted by molar-refractivity contribution is -0.142. The lowest BCUT2D eigenvalue weighted by Gasteiger charge is -2.25. The SMILES string of the molecule is O=C(CN1C(=O)CCC1=O)NCC1(O)CCc2ccccc21. The number of fused-ring (bicyclic) bond motifs is 1. The Hall–Kier alpha value is -2.21. The predicted octanol–water partition coefficient (Wildman–Crippen LogP) is 0.0856. The van der Waals surface area contributed by atoms with Crippen molar-refractivity contribution in [1.29, 1.82) is 0 Å². The van der Waals surface area contributed by atoms with Gasteiger partial charge in [-0.1, -0.05) is 24.3 Å². The number of aryl methyl sites for hydroxylation is 1. The Labute approximate surface area is 128 Å². The molecule has 1 saturated heterocycles. The van der Waals surface area contributed by atoms with E-state index < -0.39 is 11.5 Å². The number of carbonyl (C=O) groups excluding carboxylic acids is 3. The summed E-state index contributed by atoms with van der Waals surface area (Å²) in [6.07, 6.45) is 1.66. The zero-order chi connectivity index (χ0) is 15.7. The van der Waals surface area contributed by atoms with E-state index in [1.165, 1.54) is 0 Å². The van der Waals surface area contributed by atoms with E-state index in [2.05, 4.69) is 5.32 Å². The third-order valence-corrected chi connectivity index (χ3v) is 4.36. The Morgan fingerprint density at radius 3 is 2.59 bits per heavy atom. The minimum absolute atomic E-state index is 0.0824. The van der Waals surface area contributed by atoms with Crippen LogP contribution in [-0.2, 0) is 26.4 Å². The van der Waals surface area contributed by atoms with Gasteiger partial charge in [0.25, 0.3) is 0 Å². The van der Waals surface area contributed by atoms with Gasteiger partial charge in [-0.25, -0.2) is 0 Å². The number of aliphatic hydroxyl groups is 1. The highest BCUT2D eigenvalue weighted by molar-refractivity contribution is 6.04. The van der Waals surface area contributed by atoms with Crippen LogP contribution in [0.3, 0.4) is 0 Å². The number of likely N-dealkylation sites (tertiary alicyclic amines) is 1. The van der Waals surface area contributed by atoms with Gasteiger partial charge in [0.05, 0.1) is 6.54 Å². The first kappa shape index (κ1) is 14.7. The first-order chi connectivity index (χ1) is 10.5. The molecule has 1 fully saturated rings. The molecule has 0 bridgehead atoms. The normalized spacial score (nSPS) is 23.8. The average Bonchev–Trinajstić information content (AvgIpc) is 3.01. The number of nitrogens with one attached hydrogen (secondary N) is 1. The summed E-state index contributed by atoms with van der Waals surface area (Å²) in [4.78, 5) is 35.9. The second-order valence-corrected chi connectivity index (χ2v) is 5.84. The van der Waals surface area contributed by atoms with E-state index in [0.29, 0.717) is 6.42 Å². The largest absolute Gasteiger partial charge is 0.383 e. The first-order valence-electron chi connectivity index (χ1n) is 7.40. The molecule has 1 heterocycles. The van der Waals surface area contributed by atoms with Crippen molar-refractivity contribution in [3.63, 3.8) is 0 Å². The van der Waals surface area contributed by atoms with E-state index in [0.717, 1.165) is 22.4 Å². The molecule has 1 atom stereocenters. The number of nitrogens with zero attached hydrogens (tertiary/aromatic N) is 1. The molecule has 1 aromatic rings. The molecule has 3 amide bonds. The van der Waals surface area contributed by atoms with Crippen LogP contribution < -0.4 is 5.32 Å². The predicted molar refractivity (Wildman–Crippen MR) is 77.6 cm³/mol. The van der Waals surface area contributed by atoms with Gasteiger partial charge in [-0.2, -0.15) is 0 Å². The summed E-state index contributed by atoms with van der Waals surface area (Å²) in [6.45, 7) is -0.186. The fourth-order valence-electron chi connectivity index (χ4n) is 3.10. The fraction of sp³-hybridized carbons (Fsp3) is 0.438. The molecule has 1 aliphatic carbocycles. The summed E-state index contributed by atoms with van der Waals surface area (Å²) in [5.41, 5.74) is 0.846. The standard InChI is InChI=1S/C16H18N2O4/c19-13(9-18-14(20)5-6-15(18)21)17-10-16(22)8-7-11-3-1-2-4-12(11)16/h1-4,22H,5-10H2,(H,17,19). The van der Waals surface area contributed by atoms with E-state index in [1.54, 1.807) is 0 Å². The first-order valence-corrected chi connectivity index (χ1v) is 7.40. The molecular formula is C16H18N2O4. The number of rotatable bonds is 4. The Morgan fingerprint density at radius 2 is 1.86 bits per heavy atom. The van der Waals surface area contributed by atoms with Crippen molar-refractivity contribution in [3.8, 4) is 0 Å². The van der Waals surface area contributed by atoms with Crippen LogP contribution in [0.25, 0.3) is 0 Å². The smallest absolute Gasteiger partial charge is 0.240 e. The Balaban J connectivity index is 1.60. The van der Waals surface area contributed by atoms with Crippen molar-refractivity contribution in [2.75, 3.05) is 13.1 Å². The van der Waals surface area contributed by atoms with Crippen LogP contribution in [0, 0.1) is 0 Å². The maximum absolute atomic E-state index is 11.9. The molecular weight excluding hydrogens is 284 g/mol. The molecule has 0 radical (unpaired) electrons. The molecule has 0 saturated carbocycles. The van der Waals surface area contributed by atoms with Gasteiger partial charge in [-0.3, -0.25) is 19.3 Å². The highest BCUT2D eigenvalue weighted by Crippen LogP contribution is 2.36. The minimum Gasteiger partial charge on any atom is -0.383 e. The van der Waals surface area contributed by atoms with Crippen molar-refractivity contribution >= 4 is 17.7 Å². The number of imide groups is 1. The van der Waals surface area contributed by atoms with Crippen LogP contribution >= 0.6 is 0 Å². The molecule has 1 aliphatic heterocycles. The molecule has 2 N–H and O–H groups in total. The van der Waals surface area contributed by atoms with Gasteiger partial charge < -0.3 is 10.4 Å². The lowest BCUT2D eigenvalue weighted by Crippen LogP contribution is -2.45. The number of benzene rings is 1. The third kappa shape index (κ3) is 2.62. The van der Waals surface area contributed by atoms with E-state index in [9.17, 15) is 19.5 Å². The zero-order valence-corrected chi connectivity index (χ0v) is 12.2. The number of amides is 3. The molecule has 6 heteroatoms. The molecule has 0 aromatic heterocycles. The van der Waals surface area contributed by atoms with Crippen LogP contribution in [0.2, 0.25) is 0 Å². The number of carbonyl (C=O) groups is 3. The summed E-state index contributed by atoms with van der Waals surface area (Å²) in [5, 5.41) is 13.3. The molecule has 3 rings (SSSR count).